The number of nitrogens with zero attached hydrogens (tertiary/aromatic N) is 1. The minimum absolute atomic E-state index is 0.266. The third-order valence-electron chi connectivity index (χ3n) is 3.49. The Morgan fingerprint density at radius 3 is 2.74 bits per heavy atom. The standard InChI is InChI=1S/C15H22BrNO2/c1-3-6-17(9-11-4-5-11)10-12-7-13(16)8-14(19-2)15(12)18/h7-8,11,18H,3-6,9-10H2,1-2H3. The number of methoxy groups -OCH3 is 1. The van der Waals surface area contributed by atoms with E-state index in [0.29, 0.717) is 5.75 Å². The van der Waals surface area contributed by atoms with Gasteiger partial charge in [0.1, 0.15) is 0 Å². The first-order chi connectivity index (χ1) is 9.13. The first-order valence-corrected chi connectivity index (χ1v) is 7.71. The van der Waals surface area contributed by atoms with E-state index in [4.69, 9.17) is 4.74 Å². The van der Waals surface area contributed by atoms with E-state index in [0.717, 1.165) is 42.0 Å². The van der Waals surface area contributed by atoms with Crippen LogP contribution in [0, 0.1) is 5.92 Å². The lowest BCUT2D eigenvalue weighted by molar-refractivity contribution is 0.250. The van der Waals surface area contributed by atoms with Gasteiger partial charge in [-0.3, -0.25) is 4.90 Å². The molecule has 1 aliphatic rings. The average Bonchev–Trinajstić information content (AvgIpc) is 3.17. The Labute approximate surface area is 123 Å². The van der Waals surface area contributed by atoms with E-state index in [1.54, 1.807) is 13.2 Å². The molecular formula is C15H22BrNO2. The van der Waals surface area contributed by atoms with Gasteiger partial charge >= 0.3 is 0 Å². The van der Waals surface area contributed by atoms with Gasteiger partial charge < -0.3 is 9.84 Å². The molecule has 19 heavy (non-hydrogen) atoms. The van der Waals surface area contributed by atoms with E-state index in [1.165, 1.54) is 12.8 Å². The highest BCUT2D eigenvalue weighted by Crippen LogP contribution is 2.35. The van der Waals surface area contributed by atoms with Crippen LogP contribution in [0.4, 0.5) is 0 Å². The zero-order valence-electron chi connectivity index (χ0n) is 11.7. The number of rotatable bonds is 7. The van der Waals surface area contributed by atoms with Gasteiger partial charge in [0.25, 0.3) is 0 Å². The monoisotopic (exact) mass is 327 g/mol. The Bertz CT molecular complexity index is 432. The van der Waals surface area contributed by atoms with E-state index in [2.05, 4.69) is 27.8 Å². The molecule has 0 aromatic heterocycles. The highest BCUT2D eigenvalue weighted by atomic mass is 79.9. The number of hydrogen-bond donors (Lipinski definition) is 1. The van der Waals surface area contributed by atoms with Crippen LogP contribution in [-0.4, -0.2) is 30.2 Å². The van der Waals surface area contributed by atoms with Crippen molar-refractivity contribution in [2.24, 2.45) is 5.92 Å². The highest BCUT2D eigenvalue weighted by Gasteiger charge is 2.24. The van der Waals surface area contributed by atoms with E-state index in [1.807, 2.05) is 6.07 Å². The van der Waals surface area contributed by atoms with Crippen LogP contribution < -0.4 is 4.74 Å². The second-order valence-corrected chi connectivity index (χ2v) is 6.21. The molecule has 0 saturated heterocycles. The van der Waals surface area contributed by atoms with E-state index >= 15 is 0 Å². The molecule has 0 spiro atoms. The second-order valence-electron chi connectivity index (χ2n) is 5.29. The van der Waals surface area contributed by atoms with Gasteiger partial charge in [-0.05, 0) is 43.9 Å². The van der Waals surface area contributed by atoms with Gasteiger partial charge in [0, 0.05) is 23.1 Å². The molecule has 0 bridgehead atoms. The van der Waals surface area contributed by atoms with E-state index < -0.39 is 0 Å². The van der Waals surface area contributed by atoms with Crippen LogP contribution in [0.2, 0.25) is 0 Å². The zero-order valence-corrected chi connectivity index (χ0v) is 13.2. The van der Waals surface area contributed by atoms with Crippen LogP contribution in [0.15, 0.2) is 16.6 Å². The molecule has 1 saturated carbocycles. The van der Waals surface area contributed by atoms with Crippen LogP contribution in [0.1, 0.15) is 31.7 Å². The summed E-state index contributed by atoms with van der Waals surface area (Å²) in [6, 6.07) is 3.78. The van der Waals surface area contributed by atoms with Gasteiger partial charge in [-0.15, -0.1) is 0 Å². The van der Waals surface area contributed by atoms with Crippen molar-refractivity contribution in [3.63, 3.8) is 0 Å². The number of halogens is 1. The molecule has 1 N–H and O–H groups in total. The molecule has 1 fully saturated rings. The Balaban J connectivity index is 2.12. The van der Waals surface area contributed by atoms with Crippen molar-refractivity contribution < 1.29 is 9.84 Å². The Morgan fingerprint density at radius 1 is 1.42 bits per heavy atom. The number of hydrogen-bond acceptors (Lipinski definition) is 3. The molecule has 0 atom stereocenters. The molecule has 0 amide bonds. The first kappa shape index (κ1) is 14.7. The minimum atomic E-state index is 0.266. The number of ether oxygens (including phenoxy) is 1. The summed E-state index contributed by atoms with van der Waals surface area (Å²) in [5.74, 6) is 1.66. The van der Waals surface area contributed by atoms with Crippen LogP contribution in [0.5, 0.6) is 11.5 Å². The lowest BCUT2D eigenvalue weighted by Gasteiger charge is -2.22. The van der Waals surface area contributed by atoms with E-state index in [-0.39, 0.29) is 5.75 Å². The van der Waals surface area contributed by atoms with Crippen molar-refractivity contribution in [1.29, 1.82) is 0 Å². The quantitative estimate of drug-likeness (QED) is 0.827. The Morgan fingerprint density at radius 2 is 2.16 bits per heavy atom. The van der Waals surface area contributed by atoms with Crippen molar-refractivity contribution in [2.45, 2.75) is 32.7 Å². The van der Waals surface area contributed by atoms with Crippen molar-refractivity contribution in [3.05, 3.63) is 22.2 Å². The maximum absolute atomic E-state index is 10.2. The second kappa shape index (κ2) is 6.62. The van der Waals surface area contributed by atoms with Gasteiger partial charge in [-0.25, -0.2) is 0 Å². The van der Waals surface area contributed by atoms with Crippen LogP contribution in [0.3, 0.4) is 0 Å². The summed E-state index contributed by atoms with van der Waals surface area (Å²) < 4.78 is 6.15. The SMILES string of the molecule is CCCN(Cc1cc(Br)cc(OC)c1O)CC1CC1. The van der Waals surface area contributed by atoms with Crippen molar-refractivity contribution in [3.8, 4) is 11.5 Å². The predicted molar refractivity (Wildman–Crippen MR) is 80.7 cm³/mol. The molecular weight excluding hydrogens is 306 g/mol. The summed E-state index contributed by atoms with van der Waals surface area (Å²) in [7, 11) is 1.58. The Kier molecular flexibility index (Phi) is 5.11. The van der Waals surface area contributed by atoms with E-state index in [9.17, 15) is 5.11 Å². The zero-order chi connectivity index (χ0) is 13.8. The minimum Gasteiger partial charge on any atom is -0.504 e. The van der Waals surface area contributed by atoms with Crippen LogP contribution >= 0.6 is 15.9 Å². The summed E-state index contributed by atoms with van der Waals surface area (Å²) in [6.45, 7) is 5.19. The fraction of sp³-hybridized carbons (Fsp3) is 0.600. The fourth-order valence-electron chi connectivity index (χ4n) is 2.36. The summed E-state index contributed by atoms with van der Waals surface area (Å²) in [5.41, 5.74) is 0.931. The smallest absolute Gasteiger partial charge is 0.162 e. The molecule has 0 unspecified atom stereocenters. The van der Waals surface area contributed by atoms with Gasteiger partial charge in [-0.2, -0.15) is 0 Å². The van der Waals surface area contributed by atoms with Gasteiger partial charge in [0.2, 0.25) is 0 Å². The summed E-state index contributed by atoms with van der Waals surface area (Å²) in [4.78, 5) is 2.43. The predicted octanol–water partition coefficient (Wildman–Crippen LogP) is 3.79. The maximum atomic E-state index is 10.2. The van der Waals surface area contributed by atoms with Crippen molar-refractivity contribution in [1.82, 2.24) is 4.90 Å². The third-order valence-corrected chi connectivity index (χ3v) is 3.94. The molecule has 0 radical (unpaired) electrons. The first-order valence-electron chi connectivity index (χ1n) is 6.91. The van der Waals surface area contributed by atoms with Crippen LogP contribution in [-0.2, 0) is 6.54 Å². The summed E-state index contributed by atoms with van der Waals surface area (Å²) in [6.07, 6.45) is 3.85. The molecule has 3 nitrogen and oxygen atoms in total. The molecule has 106 valence electrons. The lowest BCUT2D eigenvalue weighted by Crippen LogP contribution is -2.26. The third kappa shape index (κ3) is 4.11. The molecule has 2 rings (SSSR count). The summed E-state index contributed by atoms with van der Waals surface area (Å²) in [5, 5.41) is 10.2. The topological polar surface area (TPSA) is 32.7 Å². The molecule has 1 aromatic carbocycles. The average molecular weight is 328 g/mol. The molecule has 0 heterocycles. The maximum Gasteiger partial charge on any atom is 0.162 e. The number of phenolic OH excluding ortho intramolecular Hbond substituents is 1. The largest absolute Gasteiger partial charge is 0.504 e. The summed E-state index contributed by atoms with van der Waals surface area (Å²) >= 11 is 3.47. The molecule has 4 heteroatoms. The molecule has 1 aliphatic carbocycles. The normalized spacial score (nSPS) is 14.9. The van der Waals surface area contributed by atoms with Crippen molar-refractivity contribution in [2.75, 3.05) is 20.2 Å². The molecule has 1 aromatic rings. The van der Waals surface area contributed by atoms with Crippen LogP contribution in [0.25, 0.3) is 0 Å². The highest BCUT2D eigenvalue weighted by molar-refractivity contribution is 9.10. The van der Waals surface area contributed by atoms with Gasteiger partial charge in [0.05, 0.1) is 7.11 Å². The van der Waals surface area contributed by atoms with Crippen molar-refractivity contribution >= 4 is 15.9 Å². The van der Waals surface area contributed by atoms with Gasteiger partial charge in [-0.1, -0.05) is 22.9 Å². The fourth-order valence-corrected chi connectivity index (χ4v) is 2.85. The number of aromatic hydroxyl groups is 1. The number of benzene rings is 1. The Hall–Kier alpha value is -0.740. The van der Waals surface area contributed by atoms with Gasteiger partial charge in [0.15, 0.2) is 11.5 Å². The molecule has 0 aliphatic heterocycles. The lowest BCUT2D eigenvalue weighted by atomic mass is 10.1. The number of phenols is 1.